The number of nitrogens with one attached hydrogen (secondary N) is 2. The van der Waals surface area contributed by atoms with Crippen LogP contribution in [0.4, 0.5) is 5.00 Å². The number of piperazine rings is 1. The predicted molar refractivity (Wildman–Crippen MR) is 135 cm³/mol. The lowest BCUT2D eigenvalue weighted by atomic mass is 10.1. The number of aliphatic imine (C=N–C) groups is 1. The van der Waals surface area contributed by atoms with E-state index in [0.29, 0.717) is 6.54 Å². The summed E-state index contributed by atoms with van der Waals surface area (Å²) < 4.78 is 32.8. The molecule has 3 rings (SSSR count). The summed E-state index contributed by atoms with van der Waals surface area (Å²) in [6.07, 6.45) is 3.08. The van der Waals surface area contributed by atoms with Gasteiger partial charge in [0.1, 0.15) is 0 Å². The van der Waals surface area contributed by atoms with Crippen LogP contribution in [0.3, 0.4) is 0 Å². The van der Waals surface area contributed by atoms with E-state index in [1.54, 1.807) is 11.3 Å². The van der Waals surface area contributed by atoms with E-state index in [9.17, 15) is 8.42 Å². The van der Waals surface area contributed by atoms with Crippen molar-refractivity contribution in [3.63, 3.8) is 0 Å². The van der Waals surface area contributed by atoms with E-state index in [4.69, 9.17) is 4.74 Å². The highest BCUT2D eigenvalue weighted by atomic mass is 127. The minimum atomic E-state index is -3.35. The minimum absolute atomic E-state index is 0. The predicted octanol–water partition coefficient (Wildman–Crippen LogP) is 1.94. The number of ether oxygens (including phenoxy) is 1. The summed E-state index contributed by atoms with van der Waals surface area (Å²) in [5.41, 5.74) is 0. The van der Waals surface area contributed by atoms with Gasteiger partial charge < -0.3 is 19.9 Å². The third-order valence-corrected chi connectivity index (χ3v) is 7.41. The summed E-state index contributed by atoms with van der Waals surface area (Å²) in [4.78, 5) is 9.16. The van der Waals surface area contributed by atoms with Gasteiger partial charge in [0.05, 0.1) is 23.4 Å². The molecule has 1 unspecified atom stereocenters. The van der Waals surface area contributed by atoms with Crippen LogP contribution >= 0.6 is 35.3 Å². The molecule has 0 amide bonds. The van der Waals surface area contributed by atoms with Crippen LogP contribution < -0.4 is 14.9 Å². The molecule has 0 radical (unpaired) electrons. The van der Waals surface area contributed by atoms with E-state index in [1.165, 1.54) is 5.00 Å². The van der Waals surface area contributed by atoms with Crippen LogP contribution in [0.15, 0.2) is 22.5 Å². The van der Waals surface area contributed by atoms with Crippen LogP contribution in [0.2, 0.25) is 0 Å². The summed E-state index contributed by atoms with van der Waals surface area (Å²) >= 11 is 1.76. The smallest absolute Gasteiger partial charge is 0.213 e. The van der Waals surface area contributed by atoms with Crippen molar-refractivity contribution >= 4 is 56.3 Å². The molecule has 2 aliphatic heterocycles. The third kappa shape index (κ3) is 8.13. The molecule has 0 saturated carbocycles. The molecular weight excluding hydrogens is 537 g/mol. The van der Waals surface area contributed by atoms with Crippen LogP contribution in [0.5, 0.6) is 0 Å². The summed E-state index contributed by atoms with van der Waals surface area (Å²) in [6.45, 7) is 7.72. The zero-order chi connectivity index (χ0) is 20.5. The monoisotopic (exact) mass is 571 g/mol. The molecule has 1 aromatic rings. The average Bonchev–Trinajstić information content (AvgIpc) is 3.28. The van der Waals surface area contributed by atoms with Gasteiger partial charge in [-0.15, -0.1) is 35.3 Å². The number of hydrogen-bond donors (Lipinski definition) is 2. The highest BCUT2D eigenvalue weighted by molar-refractivity contribution is 14.0. The van der Waals surface area contributed by atoms with Crippen molar-refractivity contribution in [1.82, 2.24) is 14.9 Å². The number of sulfonamides is 1. The lowest BCUT2D eigenvalue weighted by molar-refractivity contribution is 0.0200. The first kappa shape index (κ1) is 25.6. The molecule has 0 aliphatic carbocycles. The largest absolute Gasteiger partial charge is 0.377 e. The van der Waals surface area contributed by atoms with E-state index in [0.717, 1.165) is 64.6 Å². The van der Waals surface area contributed by atoms with E-state index < -0.39 is 10.0 Å². The Labute approximate surface area is 201 Å². The Kier molecular flexibility index (Phi) is 11.1. The number of anilines is 1. The van der Waals surface area contributed by atoms with Crippen molar-refractivity contribution in [2.45, 2.75) is 32.3 Å². The summed E-state index contributed by atoms with van der Waals surface area (Å²) in [5, 5.41) is 6.69. The van der Waals surface area contributed by atoms with Crippen molar-refractivity contribution < 1.29 is 13.2 Å². The molecule has 0 bridgehead atoms. The Hall–Kier alpha value is -0.630. The fourth-order valence-corrected chi connectivity index (χ4v) is 5.25. The standard InChI is InChI=1S/C19H33N5O3S2.HI/c1-2-20-19(24-11-9-23(10-12-24)18-7-5-14-28-18)21-8-15-29(25,26)22-16-17-6-3-4-13-27-17;/h5,7,14,17,22H,2-4,6,8-13,15-16H2,1H3,(H,20,21);1H. The normalized spacial score (nSPS) is 20.7. The molecule has 172 valence electrons. The molecule has 1 aromatic heterocycles. The first-order valence-electron chi connectivity index (χ1n) is 10.5. The van der Waals surface area contributed by atoms with Crippen LogP contribution in [0.1, 0.15) is 26.2 Å². The van der Waals surface area contributed by atoms with Gasteiger partial charge in [0.25, 0.3) is 0 Å². The van der Waals surface area contributed by atoms with Gasteiger partial charge in [0.2, 0.25) is 10.0 Å². The van der Waals surface area contributed by atoms with Crippen LogP contribution in [0.25, 0.3) is 0 Å². The molecule has 2 aliphatic rings. The lowest BCUT2D eigenvalue weighted by Gasteiger charge is -2.37. The van der Waals surface area contributed by atoms with Gasteiger partial charge in [0.15, 0.2) is 5.96 Å². The van der Waals surface area contributed by atoms with Gasteiger partial charge in [-0.2, -0.15) is 0 Å². The molecule has 2 fully saturated rings. The lowest BCUT2D eigenvalue weighted by Crippen LogP contribution is -2.52. The van der Waals surface area contributed by atoms with Crippen molar-refractivity contribution in [1.29, 1.82) is 0 Å². The highest BCUT2D eigenvalue weighted by Gasteiger charge is 2.21. The van der Waals surface area contributed by atoms with Gasteiger partial charge >= 0.3 is 0 Å². The van der Waals surface area contributed by atoms with Gasteiger partial charge in [-0.05, 0) is 43.7 Å². The third-order valence-electron chi connectivity index (χ3n) is 5.16. The molecule has 0 spiro atoms. The molecule has 3 heterocycles. The van der Waals surface area contributed by atoms with Crippen molar-refractivity contribution in [3.8, 4) is 0 Å². The molecule has 8 nitrogen and oxygen atoms in total. The first-order chi connectivity index (χ1) is 14.1. The number of rotatable bonds is 8. The Balaban J connectivity index is 0.00000320. The molecule has 0 aromatic carbocycles. The molecule has 30 heavy (non-hydrogen) atoms. The van der Waals surface area contributed by atoms with Crippen molar-refractivity contribution in [3.05, 3.63) is 17.5 Å². The molecule has 11 heteroatoms. The van der Waals surface area contributed by atoms with Crippen LogP contribution in [0, 0.1) is 0 Å². The number of halogens is 1. The second-order valence-corrected chi connectivity index (χ2v) is 10.2. The second-order valence-electron chi connectivity index (χ2n) is 7.32. The number of guanidine groups is 1. The number of hydrogen-bond acceptors (Lipinski definition) is 6. The summed E-state index contributed by atoms with van der Waals surface area (Å²) in [7, 11) is -3.35. The molecule has 2 saturated heterocycles. The van der Waals surface area contributed by atoms with Crippen LogP contribution in [-0.4, -0.2) is 83.6 Å². The first-order valence-corrected chi connectivity index (χ1v) is 13.0. The Morgan fingerprint density at radius 2 is 2.10 bits per heavy atom. The molecular formula is C19H34IN5O3S2. The topological polar surface area (TPSA) is 86.3 Å². The SMILES string of the molecule is CCNC(=NCCS(=O)(=O)NCC1CCCCO1)N1CCN(c2cccs2)CC1.I. The zero-order valence-electron chi connectivity index (χ0n) is 17.6. The van der Waals surface area contributed by atoms with E-state index in [-0.39, 0.29) is 42.4 Å². The minimum Gasteiger partial charge on any atom is -0.377 e. The maximum absolute atomic E-state index is 12.3. The molecule has 1 atom stereocenters. The maximum atomic E-state index is 12.3. The summed E-state index contributed by atoms with van der Waals surface area (Å²) in [5.74, 6) is 0.785. The molecule has 2 N–H and O–H groups in total. The number of nitrogens with zero attached hydrogens (tertiary/aromatic N) is 3. The highest BCUT2D eigenvalue weighted by Crippen LogP contribution is 2.22. The fraction of sp³-hybridized carbons (Fsp3) is 0.737. The summed E-state index contributed by atoms with van der Waals surface area (Å²) in [6, 6.07) is 4.22. The Morgan fingerprint density at radius 3 is 2.73 bits per heavy atom. The average molecular weight is 572 g/mol. The zero-order valence-corrected chi connectivity index (χ0v) is 21.5. The quantitative estimate of drug-likeness (QED) is 0.282. The second kappa shape index (κ2) is 13.0. The van der Waals surface area contributed by atoms with E-state index >= 15 is 0 Å². The Morgan fingerprint density at radius 1 is 1.30 bits per heavy atom. The van der Waals surface area contributed by atoms with Gasteiger partial charge in [-0.3, -0.25) is 4.99 Å². The number of thiophene rings is 1. The van der Waals surface area contributed by atoms with E-state index in [2.05, 4.69) is 42.3 Å². The van der Waals surface area contributed by atoms with E-state index in [1.807, 2.05) is 6.92 Å². The van der Waals surface area contributed by atoms with Gasteiger partial charge in [-0.1, -0.05) is 0 Å². The maximum Gasteiger partial charge on any atom is 0.213 e. The Bertz CT molecular complexity index is 731. The van der Waals surface area contributed by atoms with Gasteiger partial charge in [0, 0.05) is 45.9 Å². The van der Waals surface area contributed by atoms with Crippen molar-refractivity contribution in [2.75, 3.05) is 63.1 Å². The van der Waals surface area contributed by atoms with Crippen LogP contribution in [-0.2, 0) is 14.8 Å². The fourth-order valence-electron chi connectivity index (χ4n) is 3.55. The van der Waals surface area contributed by atoms with Gasteiger partial charge in [-0.25, -0.2) is 13.1 Å². The van der Waals surface area contributed by atoms with Crippen molar-refractivity contribution in [2.24, 2.45) is 4.99 Å².